The van der Waals surface area contributed by atoms with Crippen molar-refractivity contribution < 1.29 is 14.0 Å². The van der Waals surface area contributed by atoms with Crippen LogP contribution in [0.3, 0.4) is 0 Å². The molecule has 7 heteroatoms. The van der Waals surface area contributed by atoms with Crippen LogP contribution >= 0.6 is 23.4 Å². The van der Waals surface area contributed by atoms with Crippen molar-refractivity contribution >= 4 is 35.2 Å². The molecule has 1 N–H and O–H groups in total. The monoisotopic (exact) mass is 436 g/mol. The van der Waals surface area contributed by atoms with Gasteiger partial charge in [-0.1, -0.05) is 30.7 Å². The van der Waals surface area contributed by atoms with Crippen molar-refractivity contribution in [2.24, 2.45) is 0 Å². The number of benzene rings is 2. The van der Waals surface area contributed by atoms with Gasteiger partial charge in [0, 0.05) is 35.2 Å². The average molecular weight is 437 g/mol. The second kappa shape index (κ2) is 11.8. The zero-order chi connectivity index (χ0) is 21.2. The fourth-order valence-electron chi connectivity index (χ4n) is 2.93. The molecule has 156 valence electrons. The number of nitrogens with one attached hydrogen (secondary N) is 1. The summed E-state index contributed by atoms with van der Waals surface area (Å²) in [4.78, 5) is 28.1. The summed E-state index contributed by atoms with van der Waals surface area (Å²) in [6, 6.07) is 12.9. The third kappa shape index (κ3) is 7.37. The molecule has 0 aliphatic carbocycles. The lowest BCUT2D eigenvalue weighted by molar-refractivity contribution is -0.141. The molecule has 2 aromatic rings. The van der Waals surface area contributed by atoms with Crippen LogP contribution in [-0.2, 0) is 16.1 Å². The van der Waals surface area contributed by atoms with Gasteiger partial charge >= 0.3 is 0 Å². The molecule has 0 fully saturated rings. The zero-order valence-corrected chi connectivity index (χ0v) is 18.2. The summed E-state index contributed by atoms with van der Waals surface area (Å²) < 4.78 is 13.2. The summed E-state index contributed by atoms with van der Waals surface area (Å²) in [6.45, 7) is 4.49. The number of hydrogen-bond donors (Lipinski definition) is 1. The molecule has 29 heavy (non-hydrogen) atoms. The Morgan fingerprint density at radius 2 is 1.76 bits per heavy atom. The van der Waals surface area contributed by atoms with E-state index in [2.05, 4.69) is 5.32 Å². The molecule has 0 spiro atoms. The van der Waals surface area contributed by atoms with Crippen LogP contribution in [0.2, 0.25) is 5.02 Å². The maximum absolute atomic E-state index is 13.2. The van der Waals surface area contributed by atoms with Crippen LogP contribution in [0.25, 0.3) is 0 Å². The smallest absolute Gasteiger partial charge is 0.242 e. The minimum atomic E-state index is -0.562. The van der Waals surface area contributed by atoms with Gasteiger partial charge in [0.05, 0.1) is 0 Å². The normalized spacial score (nSPS) is 11.7. The minimum Gasteiger partial charge on any atom is -0.355 e. The van der Waals surface area contributed by atoms with Gasteiger partial charge in [-0.25, -0.2) is 4.39 Å². The highest BCUT2D eigenvalue weighted by molar-refractivity contribution is 7.99. The van der Waals surface area contributed by atoms with Crippen LogP contribution in [-0.4, -0.2) is 35.1 Å². The van der Waals surface area contributed by atoms with E-state index in [1.165, 1.54) is 12.1 Å². The van der Waals surface area contributed by atoms with E-state index in [1.54, 1.807) is 28.8 Å². The van der Waals surface area contributed by atoms with Crippen LogP contribution in [0, 0.1) is 5.82 Å². The highest BCUT2D eigenvalue weighted by Crippen LogP contribution is 2.22. The summed E-state index contributed by atoms with van der Waals surface area (Å²) >= 11 is 7.46. The van der Waals surface area contributed by atoms with Crippen molar-refractivity contribution in [3.63, 3.8) is 0 Å². The Hall–Kier alpha value is -2.05. The Morgan fingerprint density at radius 3 is 2.34 bits per heavy atom. The Bertz CT molecular complexity index is 799. The minimum absolute atomic E-state index is 0.103. The number of hydrogen-bond acceptors (Lipinski definition) is 3. The molecule has 2 rings (SSSR count). The maximum Gasteiger partial charge on any atom is 0.242 e. The fourth-order valence-corrected chi connectivity index (χ4v) is 3.90. The summed E-state index contributed by atoms with van der Waals surface area (Å²) in [5.74, 6) is -0.0156. The Balaban J connectivity index is 2.08. The molecule has 1 unspecified atom stereocenters. The van der Waals surface area contributed by atoms with Gasteiger partial charge in [-0.2, -0.15) is 0 Å². The molecular formula is C22H26ClFN2O2S. The van der Waals surface area contributed by atoms with E-state index in [-0.39, 0.29) is 24.2 Å². The van der Waals surface area contributed by atoms with Crippen LogP contribution in [0.5, 0.6) is 0 Å². The van der Waals surface area contributed by atoms with Gasteiger partial charge in [-0.15, -0.1) is 11.8 Å². The first-order valence-corrected chi connectivity index (χ1v) is 11.0. The van der Waals surface area contributed by atoms with Crippen molar-refractivity contribution in [1.82, 2.24) is 10.2 Å². The lowest BCUT2D eigenvalue weighted by atomic mass is 10.1. The van der Waals surface area contributed by atoms with Crippen molar-refractivity contribution in [3.8, 4) is 0 Å². The molecular weight excluding hydrogens is 411 g/mol. The van der Waals surface area contributed by atoms with E-state index in [0.717, 1.165) is 10.5 Å². The standard InChI is InChI=1S/C22H26ClFN2O2S/c1-3-20(22(28)25-4-2)26(15-16-5-9-18(24)10-6-16)21(27)13-14-29-19-11-7-17(23)8-12-19/h5-12,20H,3-4,13-15H2,1-2H3,(H,25,28). The largest absolute Gasteiger partial charge is 0.355 e. The van der Waals surface area contributed by atoms with E-state index in [0.29, 0.717) is 30.2 Å². The molecule has 4 nitrogen and oxygen atoms in total. The molecule has 0 saturated carbocycles. The van der Waals surface area contributed by atoms with Crippen LogP contribution < -0.4 is 5.32 Å². The number of carbonyl (C=O) groups excluding carboxylic acids is 2. The molecule has 0 bridgehead atoms. The van der Waals surface area contributed by atoms with E-state index in [9.17, 15) is 14.0 Å². The predicted octanol–water partition coefficient (Wildman–Crippen LogP) is 4.90. The third-order valence-electron chi connectivity index (χ3n) is 4.40. The summed E-state index contributed by atoms with van der Waals surface area (Å²) in [5.41, 5.74) is 0.785. The van der Waals surface area contributed by atoms with Crippen molar-refractivity contribution in [3.05, 3.63) is 64.9 Å². The highest BCUT2D eigenvalue weighted by Gasteiger charge is 2.28. The lowest BCUT2D eigenvalue weighted by Gasteiger charge is -2.30. The quantitative estimate of drug-likeness (QED) is 0.538. The van der Waals surface area contributed by atoms with Gasteiger partial charge in [0.1, 0.15) is 11.9 Å². The number of rotatable bonds is 10. The van der Waals surface area contributed by atoms with Gasteiger partial charge in [0.25, 0.3) is 0 Å². The molecule has 0 aliphatic heterocycles. The van der Waals surface area contributed by atoms with Gasteiger partial charge in [0.2, 0.25) is 11.8 Å². The predicted molar refractivity (Wildman–Crippen MR) is 117 cm³/mol. The third-order valence-corrected chi connectivity index (χ3v) is 5.67. The maximum atomic E-state index is 13.2. The molecule has 2 amide bonds. The molecule has 0 aliphatic rings. The zero-order valence-electron chi connectivity index (χ0n) is 16.7. The van der Waals surface area contributed by atoms with Crippen molar-refractivity contribution in [2.45, 2.75) is 44.2 Å². The van der Waals surface area contributed by atoms with Crippen LogP contribution in [0.15, 0.2) is 53.4 Å². The van der Waals surface area contributed by atoms with E-state index in [4.69, 9.17) is 11.6 Å². The van der Waals surface area contributed by atoms with Crippen LogP contribution in [0.1, 0.15) is 32.3 Å². The van der Waals surface area contributed by atoms with E-state index < -0.39 is 6.04 Å². The number of amides is 2. The number of thioether (sulfide) groups is 1. The van der Waals surface area contributed by atoms with E-state index in [1.807, 2.05) is 38.1 Å². The Morgan fingerprint density at radius 1 is 1.10 bits per heavy atom. The molecule has 0 saturated heterocycles. The van der Waals surface area contributed by atoms with E-state index >= 15 is 0 Å². The summed E-state index contributed by atoms with van der Waals surface area (Å²) in [7, 11) is 0. The summed E-state index contributed by atoms with van der Waals surface area (Å²) in [6.07, 6.45) is 0.799. The lowest BCUT2D eigenvalue weighted by Crippen LogP contribution is -2.49. The van der Waals surface area contributed by atoms with Crippen molar-refractivity contribution in [2.75, 3.05) is 12.3 Å². The van der Waals surface area contributed by atoms with Crippen LogP contribution in [0.4, 0.5) is 4.39 Å². The second-order valence-electron chi connectivity index (χ2n) is 6.52. The topological polar surface area (TPSA) is 49.4 Å². The first-order valence-electron chi connectivity index (χ1n) is 9.64. The van der Waals surface area contributed by atoms with Gasteiger partial charge in [-0.05, 0) is 55.3 Å². The number of likely N-dealkylation sites (N-methyl/N-ethyl adjacent to an activating group) is 1. The van der Waals surface area contributed by atoms with Crippen molar-refractivity contribution in [1.29, 1.82) is 0 Å². The van der Waals surface area contributed by atoms with Gasteiger partial charge < -0.3 is 10.2 Å². The second-order valence-corrected chi connectivity index (χ2v) is 8.12. The SMILES string of the molecule is CCNC(=O)C(CC)N(Cc1ccc(F)cc1)C(=O)CCSc1ccc(Cl)cc1. The molecule has 0 heterocycles. The van der Waals surface area contributed by atoms with Gasteiger partial charge in [-0.3, -0.25) is 9.59 Å². The Kier molecular flexibility index (Phi) is 9.48. The number of nitrogens with zero attached hydrogens (tertiary/aromatic N) is 1. The number of carbonyl (C=O) groups is 2. The molecule has 0 aromatic heterocycles. The molecule has 0 radical (unpaired) electrons. The number of halogens is 2. The fraction of sp³-hybridized carbons (Fsp3) is 0.364. The first kappa shape index (κ1) is 23.2. The highest BCUT2D eigenvalue weighted by atomic mass is 35.5. The molecule has 1 atom stereocenters. The Labute approximate surface area is 180 Å². The molecule has 2 aromatic carbocycles. The average Bonchev–Trinajstić information content (AvgIpc) is 2.71. The van der Waals surface area contributed by atoms with Gasteiger partial charge in [0.15, 0.2) is 0 Å². The summed E-state index contributed by atoms with van der Waals surface area (Å²) in [5, 5.41) is 3.47. The first-order chi connectivity index (χ1) is 13.9.